The van der Waals surface area contributed by atoms with Gasteiger partial charge in [-0.3, -0.25) is 0 Å². The molecule has 1 heterocycles. The number of aromatic nitrogens is 1. The molecule has 0 saturated carbocycles. The van der Waals surface area contributed by atoms with Crippen molar-refractivity contribution >= 4 is 16.9 Å². The molecular weight excluding hydrogens is 238 g/mol. The van der Waals surface area contributed by atoms with Gasteiger partial charge in [0.05, 0.1) is 5.52 Å². The third-order valence-electron chi connectivity index (χ3n) is 3.32. The molecule has 0 amide bonds. The lowest BCUT2D eigenvalue weighted by atomic mass is 10.0. The predicted molar refractivity (Wildman–Crippen MR) is 76.5 cm³/mol. The fourth-order valence-electron chi connectivity index (χ4n) is 2.31. The summed E-state index contributed by atoms with van der Waals surface area (Å²) in [4.78, 5) is 15.3. The van der Waals surface area contributed by atoms with Gasteiger partial charge in [0, 0.05) is 5.39 Å². The van der Waals surface area contributed by atoms with Gasteiger partial charge in [-0.2, -0.15) is 0 Å². The van der Waals surface area contributed by atoms with E-state index in [9.17, 15) is 4.79 Å². The first-order chi connectivity index (χ1) is 9.22. The molecule has 0 aliphatic heterocycles. The largest absolute Gasteiger partial charge is 0.477 e. The maximum absolute atomic E-state index is 11.1. The van der Waals surface area contributed by atoms with Crippen LogP contribution in [0, 0.1) is 0 Å². The molecule has 100 valence electrons. The molecule has 0 aliphatic carbocycles. The van der Waals surface area contributed by atoms with Crippen molar-refractivity contribution in [3.05, 3.63) is 41.6 Å². The summed E-state index contributed by atoms with van der Waals surface area (Å²) in [6.07, 6.45) is 5.64. The number of carbonyl (C=O) groups is 1. The van der Waals surface area contributed by atoms with Crippen LogP contribution in [0.3, 0.4) is 0 Å². The number of fused-ring (bicyclic) bond motifs is 1. The molecular formula is C16H19NO2. The van der Waals surface area contributed by atoms with Crippen molar-refractivity contribution in [3.8, 4) is 0 Å². The predicted octanol–water partition coefficient (Wildman–Crippen LogP) is 4.06. The number of benzene rings is 1. The number of hydrogen-bond donors (Lipinski definition) is 1. The number of aromatic carboxylic acids is 1. The first-order valence-electron chi connectivity index (χ1n) is 6.84. The molecule has 2 aromatic rings. The van der Waals surface area contributed by atoms with Gasteiger partial charge >= 0.3 is 5.97 Å². The molecule has 0 saturated heterocycles. The van der Waals surface area contributed by atoms with Crippen molar-refractivity contribution in [3.63, 3.8) is 0 Å². The van der Waals surface area contributed by atoms with E-state index < -0.39 is 5.97 Å². The molecule has 3 heteroatoms. The first kappa shape index (κ1) is 13.5. The Kier molecular flexibility index (Phi) is 4.50. The Morgan fingerprint density at radius 2 is 2.00 bits per heavy atom. The van der Waals surface area contributed by atoms with Crippen molar-refractivity contribution in [1.82, 2.24) is 4.98 Å². The first-order valence-corrected chi connectivity index (χ1v) is 6.84. The van der Waals surface area contributed by atoms with Gasteiger partial charge in [0.1, 0.15) is 5.69 Å². The molecule has 0 atom stereocenters. The summed E-state index contributed by atoms with van der Waals surface area (Å²) in [7, 11) is 0. The van der Waals surface area contributed by atoms with Crippen molar-refractivity contribution in [2.24, 2.45) is 0 Å². The number of nitrogens with zero attached hydrogens (tertiary/aromatic N) is 1. The normalized spacial score (nSPS) is 10.8. The van der Waals surface area contributed by atoms with E-state index in [1.165, 1.54) is 19.3 Å². The zero-order valence-electron chi connectivity index (χ0n) is 11.2. The monoisotopic (exact) mass is 257 g/mol. The number of unbranched alkanes of at least 4 members (excludes halogenated alkanes) is 3. The van der Waals surface area contributed by atoms with Crippen LogP contribution in [0.2, 0.25) is 0 Å². The zero-order chi connectivity index (χ0) is 13.7. The fourth-order valence-corrected chi connectivity index (χ4v) is 2.31. The molecule has 3 nitrogen and oxygen atoms in total. The molecule has 0 spiro atoms. The molecule has 0 unspecified atom stereocenters. The van der Waals surface area contributed by atoms with E-state index in [4.69, 9.17) is 5.11 Å². The molecule has 1 aromatic carbocycles. The minimum Gasteiger partial charge on any atom is -0.477 e. The number of carboxylic acids is 1. The van der Waals surface area contributed by atoms with Crippen LogP contribution in [-0.2, 0) is 6.42 Å². The third-order valence-corrected chi connectivity index (χ3v) is 3.32. The van der Waals surface area contributed by atoms with E-state index in [0.717, 1.165) is 29.3 Å². The van der Waals surface area contributed by atoms with Gasteiger partial charge in [0.25, 0.3) is 0 Å². The summed E-state index contributed by atoms with van der Waals surface area (Å²) in [5.74, 6) is -0.958. The average molecular weight is 257 g/mol. The van der Waals surface area contributed by atoms with Crippen LogP contribution in [0.1, 0.15) is 48.7 Å². The van der Waals surface area contributed by atoms with Crippen molar-refractivity contribution in [2.45, 2.75) is 39.0 Å². The lowest BCUT2D eigenvalue weighted by Crippen LogP contribution is -2.02. The van der Waals surface area contributed by atoms with Crippen LogP contribution in [-0.4, -0.2) is 16.1 Å². The smallest absolute Gasteiger partial charge is 0.354 e. The maximum atomic E-state index is 11.1. The lowest BCUT2D eigenvalue weighted by Gasteiger charge is -2.07. The molecule has 0 fully saturated rings. The number of carboxylic acid groups (broad SMARTS) is 1. The van der Waals surface area contributed by atoms with Gasteiger partial charge in [-0.25, -0.2) is 9.78 Å². The Labute approximate surface area is 113 Å². The Hall–Kier alpha value is -1.90. The number of para-hydroxylation sites is 1. The van der Waals surface area contributed by atoms with Gasteiger partial charge in [-0.15, -0.1) is 0 Å². The van der Waals surface area contributed by atoms with Gasteiger partial charge in [-0.1, -0.05) is 44.4 Å². The van der Waals surface area contributed by atoms with Crippen molar-refractivity contribution in [1.29, 1.82) is 0 Å². The van der Waals surface area contributed by atoms with Gasteiger partial charge in [0.15, 0.2) is 0 Å². The molecule has 2 rings (SSSR count). The van der Waals surface area contributed by atoms with Gasteiger partial charge < -0.3 is 5.11 Å². The van der Waals surface area contributed by atoms with Crippen LogP contribution >= 0.6 is 0 Å². The minimum atomic E-state index is -0.958. The molecule has 1 aromatic heterocycles. The highest BCUT2D eigenvalue weighted by Gasteiger charge is 2.10. The molecule has 19 heavy (non-hydrogen) atoms. The standard InChI is InChI=1S/C16H19NO2/c1-2-3-4-5-8-12-11-15(16(18)19)17-14-10-7-6-9-13(12)14/h6-7,9-11H,2-5,8H2,1H3,(H,18,19). The summed E-state index contributed by atoms with van der Waals surface area (Å²) in [5, 5.41) is 10.2. The summed E-state index contributed by atoms with van der Waals surface area (Å²) >= 11 is 0. The van der Waals surface area contributed by atoms with E-state index >= 15 is 0 Å². The molecule has 0 bridgehead atoms. The SMILES string of the molecule is CCCCCCc1cc(C(=O)O)nc2ccccc12. The van der Waals surface area contributed by atoms with E-state index in [2.05, 4.69) is 11.9 Å². The highest BCUT2D eigenvalue weighted by Crippen LogP contribution is 2.20. The number of hydrogen-bond acceptors (Lipinski definition) is 2. The minimum absolute atomic E-state index is 0.143. The molecule has 1 N–H and O–H groups in total. The van der Waals surface area contributed by atoms with E-state index in [1.54, 1.807) is 6.07 Å². The summed E-state index contributed by atoms with van der Waals surface area (Å²) in [6.45, 7) is 2.18. The van der Waals surface area contributed by atoms with Crippen molar-refractivity contribution < 1.29 is 9.90 Å². The third kappa shape index (κ3) is 3.31. The molecule has 0 radical (unpaired) electrons. The van der Waals surface area contributed by atoms with Crippen LogP contribution in [0.25, 0.3) is 10.9 Å². The number of pyridine rings is 1. The second-order valence-corrected chi connectivity index (χ2v) is 4.80. The van der Waals surface area contributed by atoms with E-state index in [-0.39, 0.29) is 5.69 Å². The maximum Gasteiger partial charge on any atom is 0.354 e. The van der Waals surface area contributed by atoms with Crippen molar-refractivity contribution in [2.75, 3.05) is 0 Å². The highest BCUT2D eigenvalue weighted by molar-refractivity contribution is 5.91. The van der Waals surface area contributed by atoms with Gasteiger partial charge in [-0.05, 0) is 30.5 Å². The fraction of sp³-hybridized carbons (Fsp3) is 0.375. The Morgan fingerprint density at radius 1 is 1.21 bits per heavy atom. The number of rotatable bonds is 6. The van der Waals surface area contributed by atoms with Crippen LogP contribution in [0.5, 0.6) is 0 Å². The van der Waals surface area contributed by atoms with E-state index in [1.807, 2.05) is 24.3 Å². The van der Waals surface area contributed by atoms with Crippen LogP contribution in [0.4, 0.5) is 0 Å². The quantitative estimate of drug-likeness (QED) is 0.794. The summed E-state index contributed by atoms with van der Waals surface area (Å²) in [5.41, 5.74) is 2.01. The summed E-state index contributed by atoms with van der Waals surface area (Å²) < 4.78 is 0. The summed E-state index contributed by atoms with van der Waals surface area (Å²) in [6, 6.07) is 9.47. The Bertz CT molecular complexity index is 578. The van der Waals surface area contributed by atoms with Crippen LogP contribution in [0.15, 0.2) is 30.3 Å². The number of aryl methyl sites for hydroxylation is 1. The average Bonchev–Trinajstić information content (AvgIpc) is 2.43. The molecule has 0 aliphatic rings. The van der Waals surface area contributed by atoms with Gasteiger partial charge in [0.2, 0.25) is 0 Å². The second kappa shape index (κ2) is 6.32. The zero-order valence-corrected chi connectivity index (χ0v) is 11.2. The van der Waals surface area contributed by atoms with Crippen LogP contribution < -0.4 is 0 Å². The highest BCUT2D eigenvalue weighted by atomic mass is 16.4. The lowest BCUT2D eigenvalue weighted by molar-refractivity contribution is 0.0691. The Morgan fingerprint density at radius 3 is 2.74 bits per heavy atom. The second-order valence-electron chi connectivity index (χ2n) is 4.80. The van der Waals surface area contributed by atoms with E-state index in [0.29, 0.717) is 0 Å². The Balaban J connectivity index is 2.31. The topological polar surface area (TPSA) is 50.2 Å².